The number of alkyl halides is 2. The third kappa shape index (κ3) is 7.18. The van der Waals surface area contributed by atoms with E-state index in [2.05, 4.69) is 0 Å². The Morgan fingerprint density at radius 2 is 1.82 bits per heavy atom. The lowest BCUT2D eigenvalue weighted by molar-refractivity contribution is -0.121. The molecule has 1 aliphatic carbocycles. The number of hydrogen-bond acceptors (Lipinski definition) is 3. The van der Waals surface area contributed by atoms with Crippen LogP contribution in [-0.4, -0.2) is 23.9 Å². The summed E-state index contributed by atoms with van der Waals surface area (Å²) in [5.41, 5.74) is 4.97. The smallest absolute Gasteiger partial charge is 0.404 e. The molecule has 0 unspecified atom stereocenters. The zero-order valence-corrected chi connectivity index (χ0v) is 13.7. The SMILES string of the molecule is CC(C)(C)CC(=O)CC[C@H](OC(N)=O)C1CCC(F)(F)CC1. The maximum Gasteiger partial charge on any atom is 0.404 e. The summed E-state index contributed by atoms with van der Waals surface area (Å²) < 4.78 is 31.5. The van der Waals surface area contributed by atoms with E-state index < -0.39 is 18.1 Å². The van der Waals surface area contributed by atoms with E-state index in [1.165, 1.54) is 0 Å². The predicted molar refractivity (Wildman–Crippen MR) is 79.7 cm³/mol. The first kappa shape index (κ1) is 18.8. The molecule has 0 heterocycles. The van der Waals surface area contributed by atoms with Crippen LogP contribution in [0.3, 0.4) is 0 Å². The number of halogens is 2. The molecule has 1 aliphatic rings. The summed E-state index contributed by atoms with van der Waals surface area (Å²) in [4.78, 5) is 23.0. The van der Waals surface area contributed by atoms with Crippen LogP contribution in [0.1, 0.15) is 65.7 Å². The van der Waals surface area contributed by atoms with Crippen LogP contribution in [0.4, 0.5) is 13.6 Å². The van der Waals surface area contributed by atoms with Gasteiger partial charge < -0.3 is 10.5 Å². The highest BCUT2D eigenvalue weighted by Crippen LogP contribution is 2.39. The average Bonchev–Trinajstić information content (AvgIpc) is 2.32. The Kier molecular flexibility index (Phi) is 6.32. The molecule has 0 saturated heterocycles. The number of Topliss-reactive ketones (excluding diaryl/α,β-unsaturated/α-hetero) is 1. The van der Waals surface area contributed by atoms with Crippen LogP contribution in [0.5, 0.6) is 0 Å². The van der Waals surface area contributed by atoms with E-state index in [1.54, 1.807) is 0 Å². The number of amides is 1. The zero-order chi connectivity index (χ0) is 17.0. The van der Waals surface area contributed by atoms with Crippen molar-refractivity contribution in [2.75, 3.05) is 0 Å². The average molecular weight is 319 g/mol. The molecular formula is C16H27F2NO3. The Bertz CT molecular complexity index is 395. The number of hydrogen-bond donors (Lipinski definition) is 1. The molecule has 0 aliphatic heterocycles. The predicted octanol–water partition coefficient (Wildman–Crippen LogP) is 4.06. The molecule has 0 aromatic rings. The number of nitrogens with two attached hydrogens (primary N) is 1. The van der Waals surface area contributed by atoms with Gasteiger partial charge in [-0.15, -0.1) is 0 Å². The summed E-state index contributed by atoms with van der Waals surface area (Å²) in [5.74, 6) is -2.68. The number of rotatable bonds is 6. The maximum absolute atomic E-state index is 13.2. The second kappa shape index (κ2) is 7.38. The first-order valence-electron chi connectivity index (χ1n) is 7.84. The molecule has 1 amide bonds. The van der Waals surface area contributed by atoms with Gasteiger partial charge in [0.05, 0.1) is 0 Å². The summed E-state index contributed by atoms with van der Waals surface area (Å²) in [6.07, 6.45) is -0.201. The van der Waals surface area contributed by atoms with E-state index in [-0.39, 0.29) is 36.4 Å². The Morgan fingerprint density at radius 3 is 2.27 bits per heavy atom. The van der Waals surface area contributed by atoms with E-state index >= 15 is 0 Å². The van der Waals surface area contributed by atoms with Crippen molar-refractivity contribution in [3.8, 4) is 0 Å². The summed E-state index contributed by atoms with van der Waals surface area (Å²) >= 11 is 0. The summed E-state index contributed by atoms with van der Waals surface area (Å²) in [6.45, 7) is 5.93. The van der Waals surface area contributed by atoms with Gasteiger partial charge in [0, 0.05) is 25.7 Å². The number of carbonyl (C=O) groups is 2. The Morgan fingerprint density at radius 1 is 1.27 bits per heavy atom. The van der Waals surface area contributed by atoms with Crippen molar-refractivity contribution in [3.05, 3.63) is 0 Å². The van der Waals surface area contributed by atoms with E-state index in [0.29, 0.717) is 25.7 Å². The van der Waals surface area contributed by atoms with Gasteiger partial charge in [-0.05, 0) is 30.6 Å². The molecular weight excluding hydrogens is 292 g/mol. The second-order valence-electron chi connectivity index (χ2n) is 7.48. The number of ketones is 1. The van der Waals surface area contributed by atoms with Crippen LogP contribution in [0.2, 0.25) is 0 Å². The van der Waals surface area contributed by atoms with E-state index in [4.69, 9.17) is 10.5 Å². The van der Waals surface area contributed by atoms with Crippen molar-refractivity contribution in [2.45, 2.75) is 77.7 Å². The number of primary amides is 1. The fraction of sp³-hybridized carbons (Fsp3) is 0.875. The van der Waals surface area contributed by atoms with Gasteiger partial charge in [-0.25, -0.2) is 13.6 Å². The lowest BCUT2D eigenvalue weighted by Gasteiger charge is -2.33. The highest BCUT2D eigenvalue weighted by Gasteiger charge is 2.38. The van der Waals surface area contributed by atoms with Gasteiger partial charge in [0.25, 0.3) is 0 Å². The van der Waals surface area contributed by atoms with Crippen LogP contribution in [0.15, 0.2) is 0 Å². The van der Waals surface area contributed by atoms with Crippen molar-refractivity contribution in [1.29, 1.82) is 0 Å². The van der Waals surface area contributed by atoms with Gasteiger partial charge in [0.1, 0.15) is 11.9 Å². The van der Waals surface area contributed by atoms with E-state index in [9.17, 15) is 18.4 Å². The Hall–Kier alpha value is -1.20. The first-order chi connectivity index (χ1) is 9.98. The molecule has 0 radical (unpaired) electrons. The fourth-order valence-electron chi connectivity index (χ4n) is 2.96. The third-order valence-electron chi connectivity index (χ3n) is 3.99. The van der Waals surface area contributed by atoms with Crippen molar-refractivity contribution in [3.63, 3.8) is 0 Å². The fourth-order valence-corrected chi connectivity index (χ4v) is 2.96. The Balaban J connectivity index is 2.54. The Labute approximate surface area is 130 Å². The summed E-state index contributed by atoms with van der Waals surface area (Å²) in [7, 11) is 0. The lowest BCUT2D eigenvalue weighted by atomic mass is 9.81. The third-order valence-corrected chi connectivity index (χ3v) is 3.99. The molecule has 0 aromatic heterocycles. The molecule has 22 heavy (non-hydrogen) atoms. The molecule has 2 N–H and O–H groups in total. The maximum atomic E-state index is 13.2. The minimum atomic E-state index is -2.63. The van der Waals surface area contributed by atoms with Crippen LogP contribution in [-0.2, 0) is 9.53 Å². The molecule has 0 bridgehead atoms. The highest BCUT2D eigenvalue weighted by molar-refractivity contribution is 5.79. The van der Waals surface area contributed by atoms with Crippen LogP contribution >= 0.6 is 0 Å². The molecule has 1 saturated carbocycles. The summed E-state index contributed by atoms with van der Waals surface area (Å²) in [6, 6.07) is 0. The van der Waals surface area contributed by atoms with Gasteiger partial charge in [0.2, 0.25) is 5.92 Å². The lowest BCUT2D eigenvalue weighted by Crippen LogP contribution is -2.35. The first-order valence-corrected chi connectivity index (χ1v) is 7.84. The highest BCUT2D eigenvalue weighted by atomic mass is 19.3. The molecule has 1 rings (SSSR count). The molecule has 128 valence electrons. The number of ether oxygens (including phenoxy) is 1. The standard InChI is InChI=1S/C16H27F2NO3/c1-15(2,3)10-12(20)4-5-13(22-14(19)21)11-6-8-16(17,18)9-7-11/h11,13H,4-10H2,1-3H3,(H2,19,21)/t13-/m0/s1. The van der Waals surface area contributed by atoms with Crippen LogP contribution in [0, 0.1) is 11.3 Å². The van der Waals surface area contributed by atoms with Crippen LogP contribution in [0.25, 0.3) is 0 Å². The van der Waals surface area contributed by atoms with E-state index in [0.717, 1.165) is 0 Å². The van der Waals surface area contributed by atoms with Gasteiger partial charge >= 0.3 is 6.09 Å². The van der Waals surface area contributed by atoms with Crippen molar-refractivity contribution in [2.24, 2.45) is 17.1 Å². The second-order valence-corrected chi connectivity index (χ2v) is 7.48. The number of carbonyl (C=O) groups excluding carboxylic acids is 2. The summed E-state index contributed by atoms with van der Waals surface area (Å²) in [5, 5.41) is 0. The van der Waals surface area contributed by atoms with Crippen molar-refractivity contribution >= 4 is 11.9 Å². The van der Waals surface area contributed by atoms with Crippen molar-refractivity contribution < 1.29 is 23.1 Å². The van der Waals surface area contributed by atoms with Crippen molar-refractivity contribution in [1.82, 2.24) is 0 Å². The molecule has 4 nitrogen and oxygen atoms in total. The van der Waals surface area contributed by atoms with Gasteiger partial charge in [0.15, 0.2) is 0 Å². The molecule has 6 heteroatoms. The largest absolute Gasteiger partial charge is 0.446 e. The monoisotopic (exact) mass is 319 g/mol. The quantitative estimate of drug-likeness (QED) is 0.802. The van der Waals surface area contributed by atoms with Gasteiger partial charge in [-0.3, -0.25) is 4.79 Å². The minimum absolute atomic E-state index is 0.0895. The molecule has 0 aromatic carbocycles. The molecule has 1 atom stereocenters. The normalized spacial score (nSPS) is 20.4. The van der Waals surface area contributed by atoms with Gasteiger partial charge in [-0.1, -0.05) is 20.8 Å². The van der Waals surface area contributed by atoms with Crippen LogP contribution < -0.4 is 5.73 Å². The van der Waals surface area contributed by atoms with Gasteiger partial charge in [-0.2, -0.15) is 0 Å². The minimum Gasteiger partial charge on any atom is -0.446 e. The zero-order valence-electron chi connectivity index (χ0n) is 13.7. The topological polar surface area (TPSA) is 69.4 Å². The molecule has 0 spiro atoms. The molecule has 1 fully saturated rings. The van der Waals surface area contributed by atoms with E-state index in [1.807, 2.05) is 20.8 Å².